The smallest absolute Gasteiger partial charge is 0.0328 e. The predicted octanol–water partition coefficient (Wildman–Crippen LogP) is 2.24. The Kier molecular flexibility index (Phi) is 3.01. The molecule has 2 aliphatic heterocycles. The van der Waals surface area contributed by atoms with Gasteiger partial charge in [-0.05, 0) is 44.4 Å². The maximum atomic E-state index is 3.62. The molecule has 2 nitrogen and oxygen atoms in total. The van der Waals surface area contributed by atoms with E-state index in [2.05, 4.69) is 29.3 Å². The SMILES string of the molecule is Cc1ccc(CN2CCC3NCCC3C2)s1. The lowest BCUT2D eigenvalue weighted by molar-refractivity contribution is 0.157. The number of aryl methyl sites for hydroxylation is 1. The molecule has 2 fully saturated rings. The maximum Gasteiger partial charge on any atom is 0.0328 e. The third-order valence-electron chi connectivity index (χ3n) is 3.92. The predicted molar refractivity (Wildman–Crippen MR) is 68.8 cm³/mol. The molecule has 0 spiro atoms. The number of nitrogens with one attached hydrogen (secondary N) is 1. The number of thiophene rings is 1. The number of rotatable bonds is 2. The molecule has 2 aliphatic rings. The molecule has 88 valence electrons. The molecule has 0 aliphatic carbocycles. The fourth-order valence-electron chi connectivity index (χ4n) is 3.06. The van der Waals surface area contributed by atoms with Crippen molar-refractivity contribution in [2.45, 2.75) is 32.4 Å². The minimum Gasteiger partial charge on any atom is -0.314 e. The first-order chi connectivity index (χ1) is 7.81. The molecule has 0 bridgehead atoms. The Balaban J connectivity index is 1.60. The summed E-state index contributed by atoms with van der Waals surface area (Å²) in [6.45, 7) is 7.17. The van der Waals surface area contributed by atoms with Crippen molar-refractivity contribution < 1.29 is 0 Å². The first kappa shape index (κ1) is 10.8. The lowest BCUT2D eigenvalue weighted by Gasteiger charge is -2.34. The van der Waals surface area contributed by atoms with Gasteiger partial charge in [-0.1, -0.05) is 0 Å². The van der Waals surface area contributed by atoms with Crippen LogP contribution in [-0.4, -0.2) is 30.6 Å². The summed E-state index contributed by atoms with van der Waals surface area (Å²) in [5, 5.41) is 3.62. The molecule has 0 radical (unpaired) electrons. The van der Waals surface area contributed by atoms with Crippen molar-refractivity contribution in [2.24, 2.45) is 5.92 Å². The Hall–Kier alpha value is -0.380. The van der Waals surface area contributed by atoms with Crippen molar-refractivity contribution in [1.82, 2.24) is 10.2 Å². The molecular weight excluding hydrogens is 216 g/mol. The zero-order valence-corrected chi connectivity index (χ0v) is 10.7. The van der Waals surface area contributed by atoms with Crippen molar-refractivity contribution in [2.75, 3.05) is 19.6 Å². The molecule has 1 N–H and O–H groups in total. The largest absolute Gasteiger partial charge is 0.314 e. The second-order valence-corrected chi connectivity index (χ2v) is 6.52. The van der Waals surface area contributed by atoms with E-state index in [1.165, 1.54) is 48.8 Å². The first-order valence-corrected chi connectivity index (χ1v) is 7.14. The van der Waals surface area contributed by atoms with Crippen molar-refractivity contribution in [3.63, 3.8) is 0 Å². The van der Waals surface area contributed by atoms with E-state index in [0.29, 0.717) is 0 Å². The second-order valence-electron chi connectivity index (χ2n) is 5.15. The van der Waals surface area contributed by atoms with Crippen LogP contribution in [0.25, 0.3) is 0 Å². The zero-order chi connectivity index (χ0) is 11.0. The summed E-state index contributed by atoms with van der Waals surface area (Å²) in [4.78, 5) is 5.61. The first-order valence-electron chi connectivity index (χ1n) is 6.32. The van der Waals surface area contributed by atoms with Crippen LogP contribution in [0, 0.1) is 12.8 Å². The number of hydrogen-bond acceptors (Lipinski definition) is 3. The molecule has 2 atom stereocenters. The lowest BCUT2D eigenvalue weighted by atomic mass is 9.93. The van der Waals surface area contributed by atoms with Crippen molar-refractivity contribution in [1.29, 1.82) is 0 Å². The third kappa shape index (κ3) is 2.17. The van der Waals surface area contributed by atoms with E-state index in [1.54, 1.807) is 0 Å². The fourth-order valence-corrected chi connectivity index (χ4v) is 3.99. The quantitative estimate of drug-likeness (QED) is 0.847. The van der Waals surface area contributed by atoms with Gasteiger partial charge in [-0.3, -0.25) is 4.90 Å². The molecule has 3 rings (SSSR count). The van der Waals surface area contributed by atoms with Gasteiger partial charge >= 0.3 is 0 Å². The summed E-state index contributed by atoms with van der Waals surface area (Å²) in [5.74, 6) is 0.912. The Bertz CT molecular complexity index is 361. The molecule has 3 heteroatoms. The van der Waals surface area contributed by atoms with Crippen LogP contribution in [0.4, 0.5) is 0 Å². The fraction of sp³-hybridized carbons (Fsp3) is 0.692. The van der Waals surface area contributed by atoms with Crippen LogP contribution in [0.3, 0.4) is 0 Å². The van der Waals surface area contributed by atoms with E-state index in [-0.39, 0.29) is 0 Å². The van der Waals surface area contributed by atoms with E-state index >= 15 is 0 Å². The average molecular weight is 236 g/mol. The Morgan fingerprint density at radius 3 is 3.19 bits per heavy atom. The molecule has 3 heterocycles. The van der Waals surface area contributed by atoms with Gasteiger partial charge in [0.15, 0.2) is 0 Å². The minimum atomic E-state index is 0.821. The third-order valence-corrected chi connectivity index (χ3v) is 4.90. The summed E-state index contributed by atoms with van der Waals surface area (Å²) in [6, 6.07) is 5.35. The number of fused-ring (bicyclic) bond motifs is 1. The monoisotopic (exact) mass is 236 g/mol. The molecule has 2 saturated heterocycles. The molecule has 1 aromatic heterocycles. The van der Waals surface area contributed by atoms with E-state index in [4.69, 9.17) is 0 Å². The van der Waals surface area contributed by atoms with Crippen LogP contribution in [0.15, 0.2) is 12.1 Å². The Morgan fingerprint density at radius 2 is 2.38 bits per heavy atom. The van der Waals surface area contributed by atoms with Crippen LogP contribution in [-0.2, 0) is 6.54 Å². The molecule has 0 saturated carbocycles. The summed E-state index contributed by atoms with van der Waals surface area (Å²) in [6.07, 6.45) is 2.72. The van der Waals surface area contributed by atoms with Gasteiger partial charge in [-0.15, -0.1) is 11.3 Å². The van der Waals surface area contributed by atoms with Crippen LogP contribution >= 0.6 is 11.3 Å². The van der Waals surface area contributed by atoms with Crippen molar-refractivity contribution in [3.8, 4) is 0 Å². The number of hydrogen-bond donors (Lipinski definition) is 1. The van der Waals surface area contributed by atoms with Crippen LogP contribution < -0.4 is 5.32 Å². The molecule has 16 heavy (non-hydrogen) atoms. The summed E-state index contributed by atoms with van der Waals surface area (Å²) >= 11 is 1.95. The van der Waals surface area contributed by atoms with Gasteiger partial charge in [0.2, 0.25) is 0 Å². The Labute approximate surface area is 102 Å². The van der Waals surface area contributed by atoms with Gasteiger partial charge in [-0.2, -0.15) is 0 Å². The summed E-state index contributed by atoms with van der Waals surface area (Å²) in [7, 11) is 0. The number of piperidine rings is 1. The highest BCUT2D eigenvalue weighted by Gasteiger charge is 2.32. The lowest BCUT2D eigenvalue weighted by Crippen LogP contribution is -2.43. The molecule has 1 aromatic rings. The topological polar surface area (TPSA) is 15.3 Å². The van der Waals surface area contributed by atoms with Gasteiger partial charge in [-0.25, -0.2) is 0 Å². The van der Waals surface area contributed by atoms with Crippen LogP contribution in [0.1, 0.15) is 22.6 Å². The molecule has 0 aromatic carbocycles. The molecular formula is C13H20N2S. The molecule has 0 amide bonds. The zero-order valence-electron chi connectivity index (χ0n) is 9.91. The van der Waals surface area contributed by atoms with E-state index in [1.807, 2.05) is 11.3 Å². The van der Waals surface area contributed by atoms with Crippen LogP contribution in [0.2, 0.25) is 0 Å². The van der Waals surface area contributed by atoms with Crippen LogP contribution in [0.5, 0.6) is 0 Å². The summed E-state index contributed by atoms with van der Waals surface area (Å²) in [5.41, 5.74) is 0. The van der Waals surface area contributed by atoms with Gasteiger partial charge in [0, 0.05) is 35.4 Å². The van der Waals surface area contributed by atoms with E-state index in [9.17, 15) is 0 Å². The second kappa shape index (κ2) is 4.47. The van der Waals surface area contributed by atoms with E-state index < -0.39 is 0 Å². The van der Waals surface area contributed by atoms with Crippen molar-refractivity contribution in [3.05, 3.63) is 21.9 Å². The highest BCUT2D eigenvalue weighted by molar-refractivity contribution is 7.11. The van der Waals surface area contributed by atoms with Gasteiger partial charge in [0.1, 0.15) is 0 Å². The maximum absolute atomic E-state index is 3.62. The summed E-state index contributed by atoms with van der Waals surface area (Å²) < 4.78 is 0. The van der Waals surface area contributed by atoms with Crippen molar-refractivity contribution >= 4 is 11.3 Å². The van der Waals surface area contributed by atoms with Gasteiger partial charge in [0.05, 0.1) is 0 Å². The highest BCUT2D eigenvalue weighted by Crippen LogP contribution is 2.26. The Morgan fingerprint density at radius 1 is 1.44 bits per heavy atom. The average Bonchev–Trinajstić information content (AvgIpc) is 2.87. The highest BCUT2D eigenvalue weighted by atomic mass is 32.1. The van der Waals surface area contributed by atoms with E-state index in [0.717, 1.165) is 12.0 Å². The molecule has 2 unspecified atom stereocenters. The standard InChI is InChI=1S/C13H20N2S/c1-10-2-3-12(16-10)9-15-7-5-13-11(8-15)4-6-14-13/h2-3,11,13-14H,4-9H2,1H3. The number of likely N-dealkylation sites (tertiary alicyclic amines) is 1. The minimum absolute atomic E-state index is 0.821. The normalized spacial score (nSPS) is 30.6. The van der Waals surface area contributed by atoms with Gasteiger partial charge in [0.25, 0.3) is 0 Å². The van der Waals surface area contributed by atoms with Gasteiger partial charge < -0.3 is 5.32 Å². The number of nitrogens with zero attached hydrogens (tertiary/aromatic N) is 1.